The molecule has 0 aliphatic heterocycles. The average molecular weight is 297 g/mol. The van der Waals surface area contributed by atoms with Gasteiger partial charge in [0.05, 0.1) is 6.04 Å². The molecule has 0 saturated heterocycles. The number of hydrogen-bond donors (Lipinski definition) is 2. The van der Waals surface area contributed by atoms with E-state index >= 15 is 0 Å². The van der Waals surface area contributed by atoms with Crippen LogP contribution in [0.3, 0.4) is 0 Å². The number of nitrogens with zero attached hydrogens (tertiary/aromatic N) is 1. The molecule has 0 aliphatic carbocycles. The molecule has 0 saturated carbocycles. The average Bonchev–Trinajstić information content (AvgIpc) is 2.55. The van der Waals surface area contributed by atoms with Crippen LogP contribution in [0.1, 0.15) is 19.4 Å². The zero-order valence-corrected chi connectivity index (χ0v) is 13.1. The highest BCUT2D eigenvalue weighted by atomic mass is 16.2. The summed E-state index contributed by atoms with van der Waals surface area (Å²) in [4.78, 5) is 14.5. The summed E-state index contributed by atoms with van der Waals surface area (Å²) in [6, 6.07) is 17.2. The van der Waals surface area contributed by atoms with E-state index in [0.717, 1.165) is 18.8 Å². The van der Waals surface area contributed by atoms with Gasteiger partial charge in [0.15, 0.2) is 0 Å². The monoisotopic (exact) mass is 297 g/mol. The standard InChI is InChI=1S/C18H23N3O/c1-3-21(13-15-7-5-4-6-8-15)14(2)18(22)20-17-11-9-16(19)10-12-17/h4-12,14H,3,13,19H2,1-2H3,(H,20,22). The lowest BCUT2D eigenvalue weighted by atomic mass is 10.1. The summed E-state index contributed by atoms with van der Waals surface area (Å²) < 4.78 is 0. The van der Waals surface area contributed by atoms with E-state index < -0.39 is 0 Å². The molecule has 3 N–H and O–H groups in total. The first kappa shape index (κ1) is 16.0. The third-order valence-electron chi connectivity index (χ3n) is 3.74. The summed E-state index contributed by atoms with van der Waals surface area (Å²) >= 11 is 0. The van der Waals surface area contributed by atoms with Gasteiger partial charge in [0.1, 0.15) is 0 Å². The third kappa shape index (κ3) is 4.33. The van der Waals surface area contributed by atoms with Gasteiger partial charge >= 0.3 is 0 Å². The summed E-state index contributed by atoms with van der Waals surface area (Å²) in [6.07, 6.45) is 0. The van der Waals surface area contributed by atoms with Gasteiger partial charge in [-0.25, -0.2) is 0 Å². The Morgan fingerprint density at radius 2 is 1.77 bits per heavy atom. The van der Waals surface area contributed by atoms with Crippen molar-refractivity contribution >= 4 is 17.3 Å². The molecule has 0 aliphatic rings. The highest BCUT2D eigenvalue weighted by Crippen LogP contribution is 2.13. The fraction of sp³-hybridized carbons (Fsp3) is 0.278. The second kappa shape index (κ2) is 7.61. The summed E-state index contributed by atoms with van der Waals surface area (Å²) in [5.41, 5.74) is 8.31. The molecule has 1 atom stereocenters. The van der Waals surface area contributed by atoms with Crippen LogP contribution in [0.5, 0.6) is 0 Å². The zero-order chi connectivity index (χ0) is 15.9. The van der Waals surface area contributed by atoms with Crippen molar-refractivity contribution in [1.29, 1.82) is 0 Å². The number of nitrogens with one attached hydrogen (secondary N) is 1. The first-order valence-corrected chi connectivity index (χ1v) is 7.54. The van der Waals surface area contributed by atoms with Crippen molar-refractivity contribution in [2.24, 2.45) is 0 Å². The smallest absolute Gasteiger partial charge is 0.241 e. The van der Waals surface area contributed by atoms with Gasteiger partial charge in [0, 0.05) is 17.9 Å². The third-order valence-corrected chi connectivity index (χ3v) is 3.74. The number of nitrogen functional groups attached to an aromatic ring is 1. The van der Waals surface area contributed by atoms with Crippen molar-refractivity contribution in [3.8, 4) is 0 Å². The largest absolute Gasteiger partial charge is 0.399 e. The van der Waals surface area contributed by atoms with Gasteiger partial charge in [-0.2, -0.15) is 0 Å². The van der Waals surface area contributed by atoms with Crippen LogP contribution in [0, 0.1) is 0 Å². The molecule has 1 amide bonds. The minimum absolute atomic E-state index is 0.0115. The van der Waals surface area contributed by atoms with Crippen molar-refractivity contribution in [2.75, 3.05) is 17.6 Å². The fourth-order valence-corrected chi connectivity index (χ4v) is 2.32. The Bertz CT molecular complexity index is 595. The second-order valence-electron chi connectivity index (χ2n) is 5.34. The predicted octanol–water partition coefficient (Wildman–Crippen LogP) is 3.12. The van der Waals surface area contributed by atoms with Crippen LogP contribution in [-0.4, -0.2) is 23.4 Å². The molecule has 4 nitrogen and oxygen atoms in total. The summed E-state index contributed by atoms with van der Waals surface area (Å²) in [5, 5.41) is 2.93. The molecule has 0 heterocycles. The van der Waals surface area contributed by atoms with Crippen molar-refractivity contribution in [3.05, 3.63) is 60.2 Å². The molecular formula is C18H23N3O. The fourth-order valence-electron chi connectivity index (χ4n) is 2.32. The van der Waals surface area contributed by atoms with Crippen molar-refractivity contribution in [2.45, 2.75) is 26.4 Å². The molecule has 0 fully saturated rings. The number of amides is 1. The lowest BCUT2D eigenvalue weighted by Crippen LogP contribution is -2.41. The summed E-state index contributed by atoms with van der Waals surface area (Å²) in [6.45, 7) is 5.56. The van der Waals surface area contributed by atoms with E-state index in [1.165, 1.54) is 5.56 Å². The normalized spacial score (nSPS) is 12.1. The number of carbonyl (C=O) groups is 1. The lowest BCUT2D eigenvalue weighted by Gasteiger charge is -2.27. The number of carbonyl (C=O) groups excluding carboxylic acids is 1. The van der Waals surface area contributed by atoms with E-state index in [0.29, 0.717) is 5.69 Å². The molecule has 0 radical (unpaired) electrons. The Labute approximate surface area is 131 Å². The van der Waals surface area contributed by atoms with Gasteiger partial charge in [0.25, 0.3) is 0 Å². The minimum Gasteiger partial charge on any atom is -0.399 e. The van der Waals surface area contributed by atoms with E-state index in [4.69, 9.17) is 5.73 Å². The zero-order valence-electron chi connectivity index (χ0n) is 13.1. The Morgan fingerprint density at radius 1 is 1.14 bits per heavy atom. The molecular weight excluding hydrogens is 274 g/mol. The van der Waals surface area contributed by atoms with Gasteiger partial charge in [-0.05, 0) is 43.3 Å². The van der Waals surface area contributed by atoms with Crippen molar-refractivity contribution in [3.63, 3.8) is 0 Å². The van der Waals surface area contributed by atoms with Crippen LogP contribution in [0.15, 0.2) is 54.6 Å². The molecule has 116 valence electrons. The Kier molecular flexibility index (Phi) is 5.55. The summed E-state index contributed by atoms with van der Waals surface area (Å²) in [5.74, 6) is -0.0115. The number of rotatable bonds is 6. The number of hydrogen-bond acceptors (Lipinski definition) is 3. The maximum Gasteiger partial charge on any atom is 0.241 e. The number of benzene rings is 2. The van der Waals surface area contributed by atoms with E-state index in [9.17, 15) is 4.79 Å². The Morgan fingerprint density at radius 3 is 2.36 bits per heavy atom. The van der Waals surface area contributed by atoms with E-state index in [2.05, 4.69) is 29.3 Å². The maximum absolute atomic E-state index is 12.4. The van der Waals surface area contributed by atoms with Crippen molar-refractivity contribution in [1.82, 2.24) is 4.90 Å². The van der Waals surface area contributed by atoms with Crippen LogP contribution < -0.4 is 11.1 Å². The highest BCUT2D eigenvalue weighted by molar-refractivity contribution is 5.94. The number of nitrogens with two attached hydrogens (primary N) is 1. The van der Waals surface area contributed by atoms with Gasteiger partial charge in [0.2, 0.25) is 5.91 Å². The topological polar surface area (TPSA) is 58.4 Å². The lowest BCUT2D eigenvalue weighted by molar-refractivity contribution is -0.120. The second-order valence-corrected chi connectivity index (χ2v) is 5.34. The SMILES string of the molecule is CCN(Cc1ccccc1)C(C)C(=O)Nc1ccc(N)cc1. The molecule has 0 bridgehead atoms. The predicted molar refractivity (Wildman–Crippen MR) is 91.5 cm³/mol. The highest BCUT2D eigenvalue weighted by Gasteiger charge is 2.20. The van der Waals surface area contributed by atoms with Crippen LogP contribution in [0.4, 0.5) is 11.4 Å². The van der Waals surface area contributed by atoms with Gasteiger partial charge in [-0.15, -0.1) is 0 Å². The van der Waals surface area contributed by atoms with Crippen LogP contribution >= 0.6 is 0 Å². The summed E-state index contributed by atoms with van der Waals surface area (Å²) in [7, 11) is 0. The van der Waals surface area contributed by atoms with Crippen LogP contribution in [0.25, 0.3) is 0 Å². The van der Waals surface area contributed by atoms with Gasteiger partial charge < -0.3 is 11.1 Å². The molecule has 2 aromatic rings. The first-order chi connectivity index (χ1) is 10.6. The van der Waals surface area contributed by atoms with E-state index in [1.54, 1.807) is 12.1 Å². The quantitative estimate of drug-likeness (QED) is 0.805. The maximum atomic E-state index is 12.4. The molecule has 2 aromatic carbocycles. The Hall–Kier alpha value is -2.33. The van der Waals surface area contributed by atoms with Crippen LogP contribution in [0.2, 0.25) is 0 Å². The van der Waals surface area contributed by atoms with E-state index in [1.807, 2.05) is 37.3 Å². The molecule has 0 spiro atoms. The minimum atomic E-state index is -0.206. The molecule has 4 heteroatoms. The van der Waals surface area contributed by atoms with Crippen LogP contribution in [-0.2, 0) is 11.3 Å². The van der Waals surface area contributed by atoms with E-state index in [-0.39, 0.29) is 11.9 Å². The molecule has 0 aromatic heterocycles. The van der Waals surface area contributed by atoms with Gasteiger partial charge in [-0.3, -0.25) is 9.69 Å². The Balaban J connectivity index is 1.99. The first-order valence-electron chi connectivity index (χ1n) is 7.54. The number of likely N-dealkylation sites (N-methyl/N-ethyl adjacent to an activating group) is 1. The molecule has 2 rings (SSSR count). The molecule has 22 heavy (non-hydrogen) atoms. The van der Waals surface area contributed by atoms with Crippen molar-refractivity contribution < 1.29 is 4.79 Å². The molecule has 1 unspecified atom stereocenters. The van der Waals surface area contributed by atoms with Gasteiger partial charge in [-0.1, -0.05) is 37.3 Å². The number of anilines is 2.